The average molecular weight is 293 g/mol. The number of aromatic carboxylic acids is 1. The summed E-state index contributed by atoms with van der Waals surface area (Å²) in [5, 5.41) is 15.0. The van der Waals surface area contributed by atoms with Gasteiger partial charge in [0.15, 0.2) is 0 Å². The molecule has 1 aromatic carbocycles. The van der Waals surface area contributed by atoms with E-state index in [0.717, 1.165) is 0 Å². The van der Waals surface area contributed by atoms with Crippen molar-refractivity contribution in [2.24, 2.45) is 0 Å². The van der Waals surface area contributed by atoms with Crippen molar-refractivity contribution in [2.45, 2.75) is 46.2 Å². The Hall–Kier alpha value is -2.24. The molecule has 1 amide bonds. The van der Waals surface area contributed by atoms with E-state index in [-0.39, 0.29) is 22.7 Å². The molecule has 0 saturated carbocycles. The fourth-order valence-corrected chi connectivity index (χ4v) is 1.85. The second-order valence-corrected chi connectivity index (χ2v) is 6.16. The van der Waals surface area contributed by atoms with Gasteiger partial charge in [-0.1, -0.05) is 0 Å². The number of rotatable bonds is 4. The predicted molar refractivity (Wildman–Crippen MR) is 83.5 cm³/mol. The number of nitrogens with two attached hydrogens (primary N) is 1. The number of carboxylic acid groups (broad SMARTS) is 1. The second-order valence-electron chi connectivity index (χ2n) is 6.16. The Morgan fingerprint density at radius 2 is 1.86 bits per heavy atom. The first-order valence-corrected chi connectivity index (χ1v) is 6.73. The van der Waals surface area contributed by atoms with E-state index in [1.165, 1.54) is 6.07 Å². The van der Waals surface area contributed by atoms with Crippen LogP contribution in [0.1, 0.15) is 43.6 Å². The molecule has 6 heteroatoms. The molecule has 0 aliphatic heterocycles. The zero-order valence-electron chi connectivity index (χ0n) is 13.1. The molecule has 1 unspecified atom stereocenters. The van der Waals surface area contributed by atoms with Gasteiger partial charge in [0.05, 0.1) is 5.56 Å². The van der Waals surface area contributed by atoms with E-state index in [1.807, 2.05) is 20.8 Å². The molecule has 0 aliphatic carbocycles. The SMILES string of the molecule is Cc1cc(NC(C)C(=O)NC(C)(C)C)cc(C(=O)O)c1N. The molecule has 1 atom stereocenters. The lowest BCUT2D eigenvalue weighted by Gasteiger charge is -2.24. The molecule has 0 radical (unpaired) electrons. The van der Waals surface area contributed by atoms with Crippen molar-refractivity contribution >= 4 is 23.3 Å². The second kappa shape index (κ2) is 6.03. The molecule has 1 rings (SSSR count). The number of nitrogens with one attached hydrogen (secondary N) is 2. The summed E-state index contributed by atoms with van der Waals surface area (Å²) in [6.45, 7) is 9.13. The maximum Gasteiger partial charge on any atom is 0.337 e. The van der Waals surface area contributed by atoms with Crippen LogP contribution in [-0.2, 0) is 4.79 Å². The Labute approximate surface area is 124 Å². The van der Waals surface area contributed by atoms with Gasteiger partial charge in [0.1, 0.15) is 6.04 Å². The molecule has 0 bridgehead atoms. The quantitative estimate of drug-likeness (QED) is 0.635. The van der Waals surface area contributed by atoms with Gasteiger partial charge < -0.3 is 21.5 Å². The van der Waals surface area contributed by atoms with Gasteiger partial charge in [0.25, 0.3) is 0 Å². The van der Waals surface area contributed by atoms with Crippen LogP contribution in [0.2, 0.25) is 0 Å². The standard InChI is InChI=1S/C15H23N3O3/c1-8-6-10(7-11(12(8)16)14(20)21)17-9(2)13(19)18-15(3,4)5/h6-7,9,17H,16H2,1-5H3,(H,18,19)(H,20,21). The maximum atomic E-state index is 12.0. The summed E-state index contributed by atoms with van der Waals surface area (Å²) < 4.78 is 0. The number of aryl methyl sites for hydroxylation is 1. The zero-order chi connectivity index (χ0) is 16.4. The summed E-state index contributed by atoms with van der Waals surface area (Å²) in [7, 11) is 0. The average Bonchev–Trinajstić information content (AvgIpc) is 2.30. The van der Waals surface area contributed by atoms with Crippen LogP contribution in [0.4, 0.5) is 11.4 Å². The number of benzene rings is 1. The van der Waals surface area contributed by atoms with E-state index < -0.39 is 12.0 Å². The fourth-order valence-electron chi connectivity index (χ4n) is 1.85. The monoisotopic (exact) mass is 293 g/mol. The number of carbonyl (C=O) groups is 2. The summed E-state index contributed by atoms with van der Waals surface area (Å²) in [6, 6.07) is 2.67. The highest BCUT2D eigenvalue weighted by Gasteiger charge is 2.20. The lowest BCUT2D eigenvalue weighted by Crippen LogP contribution is -2.47. The molecule has 0 aliphatic rings. The van der Waals surface area contributed by atoms with Crippen molar-refractivity contribution in [3.05, 3.63) is 23.3 Å². The summed E-state index contributed by atoms with van der Waals surface area (Å²) >= 11 is 0. The van der Waals surface area contributed by atoms with Crippen molar-refractivity contribution in [1.29, 1.82) is 0 Å². The van der Waals surface area contributed by atoms with Gasteiger partial charge in [0.2, 0.25) is 5.91 Å². The number of hydrogen-bond donors (Lipinski definition) is 4. The molecular formula is C15H23N3O3. The Morgan fingerprint density at radius 1 is 1.29 bits per heavy atom. The van der Waals surface area contributed by atoms with E-state index >= 15 is 0 Å². The molecule has 21 heavy (non-hydrogen) atoms. The minimum atomic E-state index is -1.09. The van der Waals surface area contributed by atoms with Crippen LogP contribution in [0.3, 0.4) is 0 Å². The largest absolute Gasteiger partial charge is 0.478 e. The summed E-state index contributed by atoms with van der Waals surface area (Å²) in [6.07, 6.45) is 0. The highest BCUT2D eigenvalue weighted by molar-refractivity contribution is 5.96. The Balaban J connectivity index is 2.93. The van der Waals surface area contributed by atoms with Crippen molar-refractivity contribution in [3.8, 4) is 0 Å². The molecule has 116 valence electrons. The normalized spacial score (nSPS) is 12.6. The van der Waals surface area contributed by atoms with Crippen molar-refractivity contribution in [1.82, 2.24) is 5.32 Å². The highest BCUT2D eigenvalue weighted by Crippen LogP contribution is 2.23. The van der Waals surface area contributed by atoms with Crippen molar-refractivity contribution in [2.75, 3.05) is 11.1 Å². The van der Waals surface area contributed by atoms with E-state index in [0.29, 0.717) is 11.3 Å². The molecule has 0 spiro atoms. The minimum Gasteiger partial charge on any atom is -0.478 e. The highest BCUT2D eigenvalue weighted by atomic mass is 16.4. The van der Waals surface area contributed by atoms with E-state index in [4.69, 9.17) is 10.8 Å². The summed E-state index contributed by atoms with van der Waals surface area (Å²) in [4.78, 5) is 23.2. The van der Waals surface area contributed by atoms with Crippen LogP contribution < -0.4 is 16.4 Å². The van der Waals surface area contributed by atoms with Crippen LogP contribution in [-0.4, -0.2) is 28.6 Å². The van der Waals surface area contributed by atoms with Crippen LogP contribution in [0.5, 0.6) is 0 Å². The van der Waals surface area contributed by atoms with Crippen LogP contribution >= 0.6 is 0 Å². The number of amides is 1. The Kier molecular flexibility index (Phi) is 4.83. The zero-order valence-corrected chi connectivity index (χ0v) is 13.1. The van der Waals surface area contributed by atoms with Gasteiger partial charge in [-0.25, -0.2) is 4.79 Å². The van der Waals surface area contributed by atoms with Crippen LogP contribution in [0.25, 0.3) is 0 Å². The number of carboxylic acids is 1. The van der Waals surface area contributed by atoms with Crippen molar-refractivity contribution in [3.63, 3.8) is 0 Å². The lowest BCUT2D eigenvalue weighted by atomic mass is 10.1. The number of carbonyl (C=O) groups excluding carboxylic acids is 1. The molecule has 0 saturated heterocycles. The van der Waals surface area contributed by atoms with Gasteiger partial charge in [0, 0.05) is 16.9 Å². The number of anilines is 2. The van der Waals surface area contributed by atoms with Crippen LogP contribution in [0, 0.1) is 6.92 Å². The van der Waals surface area contributed by atoms with Gasteiger partial charge in [-0.15, -0.1) is 0 Å². The Bertz CT molecular complexity index is 562. The lowest BCUT2D eigenvalue weighted by molar-refractivity contribution is -0.122. The predicted octanol–water partition coefficient (Wildman–Crippen LogP) is 1.99. The van der Waals surface area contributed by atoms with E-state index in [2.05, 4.69) is 10.6 Å². The first-order valence-electron chi connectivity index (χ1n) is 6.73. The molecular weight excluding hydrogens is 270 g/mol. The minimum absolute atomic E-state index is 0.0286. The molecule has 0 fully saturated rings. The molecule has 0 aromatic heterocycles. The maximum absolute atomic E-state index is 12.0. The first-order chi connectivity index (χ1) is 9.51. The fraction of sp³-hybridized carbons (Fsp3) is 0.467. The van der Waals surface area contributed by atoms with Gasteiger partial charge in [-0.2, -0.15) is 0 Å². The van der Waals surface area contributed by atoms with E-state index in [1.54, 1.807) is 19.9 Å². The van der Waals surface area contributed by atoms with Crippen LogP contribution in [0.15, 0.2) is 12.1 Å². The third-order valence-electron chi connectivity index (χ3n) is 2.89. The van der Waals surface area contributed by atoms with E-state index in [9.17, 15) is 9.59 Å². The van der Waals surface area contributed by atoms with Gasteiger partial charge >= 0.3 is 5.97 Å². The van der Waals surface area contributed by atoms with Crippen molar-refractivity contribution < 1.29 is 14.7 Å². The van der Waals surface area contributed by atoms with Gasteiger partial charge in [-0.3, -0.25) is 4.79 Å². The van der Waals surface area contributed by atoms with Gasteiger partial charge in [-0.05, 0) is 52.3 Å². The Morgan fingerprint density at radius 3 is 2.33 bits per heavy atom. The molecule has 0 heterocycles. The third kappa shape index (κ3) is 4.66. The smallest absolute Gasteiger partial charge is 0.337 e. The number of hydrogen-bond acceptors (Lipinski definition) is 4. The molecule has 5 N–H and O–H groups in total. The first kappa shape index (κ1) is 16.8. The summed E-state index contributed by atoms with van der Waals surface area (Å²) in [5.41, 5.74) is 6.88. The molecule has 1 aromatic rings. The third-order valence-corrected chi connectivity index (χ3v) is 2.89. The topological polar surface area (TPSA) is 104 Å². The summed E-state index contributed by atoms with van der Waals surface area (Å²) in [5.74, 6) is -1.25. The number of nitrogen functional groups attached to an aromatic ring is 1. The molecule has 6 nitrogen and oxygen atoms in total.